The summed E-state index contributed by atoms with van der Waals surface area (Å²) in [6.07, 6.45) is 0. The van der Waals surface area contributed by atoms with E-state index in [0.717, 1.165) is 12.4 Å². The van der Waals surface area contributed by atoms with Crippen LogP contribution in [0.4, 0.5) is 0 Å². The second-order valence-corrected chi connectivity index (χ2v) is 3.45. The Morgan fingerprint density at radius 2 is 2.08 bits per heavy atom. The van der Waals surface area contributed by atoms with Crippen LogP contribution >= 0.6 is 0 Å². The van der Waals surface area contributed by atoms with Crippen molar-refractivity contribution in [1.82, 2.24) is 0 Å². The highest BCUT2D eigenvalue weighted by atomic mass is 28.3. The fraction of sp³-hybridized carbons (Fsp3) is 0.333. The normalized spacial score (nSPS) is 10.8. The Morgan fingerprint density at radius 1 is 1.33 bits per heavy atom. The van der Waals surface area contributed by atoms with Gasteiger partial charge in [0, 0.05) is 6.61 Å². The fourth-order valence-electron chi connectivity index (χ4n) is 0.907. The average Bonchev–Trinajstić information content (AvgIpc) is 2.09. The second-order valence-electron chi connectivity index (χ2n) is 2.52. The summed E-state index contributed by atoms with van der Waals surface area (Å²) in [6, 6.07) is 7.99. The topological polar surface area (TPSA) is 18.5 Å². The summed E-state index contributed by atoms with van der Waals surface area (Å²) in [7, 11) is -0.808. The molecule has 12 heavy (non-hydrogen) atoms. The second kappa shape index (κ2) is 4.95. The lowest BCUT2D eigenvalue weighted by Gasteiger charge is -2.07. The van der Waals surface area contributed by atoms with E-state index < -0.39 is 10.0 Å². The van der Waals surface area contributed by atoms with Gasteiger partial charge >= 0.3 is 10.0 Å². The van der Waals surface area contributed by atoms with Gasteiger partial charge in [-0.2, -0.15) is 0 Å². The van der Waals surface area contributed by atoms with Crippen LogP contribution in [0.1, 0.15) is 12.5 Å². The van der Waals surface area contributed by atoms with Gasteiger partial charge in [0.25, 0.3) is 0 Å². The Hall–Kier alpha value is -0.803. The van der Waals surface area contributed by atoms with Crippen LogP contribution in [0.3, 0.4) is 0 Å². The van der Waals surface area contributed by atoms with E-state index in [1.807, 2.05) is 38.1 Å². The SMILES string of the molecule is CCO[SiH2]Oc1ccccc1C. The predicted molar refractivity (Wildman–Crippen MR) is 52.0 cm³/mol. The van der Waals surface area contributed by atoms with Gasteiger partial charge in [0.1, 0.15) is 5.75 Å². The highest BCUT2D eigenvalue weighted by Gasteiger charge is 1.95. The molecule has 0 radical (unpaired) electrons. The zero-order chi connectivity index (χ0) is 8.81. The van der Waals surface area contributed by atoms with Gasteiger partial charge in [-0.15, -0.1) is 0 Å². The zero-order valence-electron chi connectivity index (χ0n) is 7.54. The number of hydrogen-bond donors (Lipinski definition) is 0. The monoisotopic (exact) mass is 182 g/mol. The smallest absolute Gasteiger partial charge is 0.365 e. The summed E-state index contributed by atoms with van der Waals surface area (Å²) in [6.45, 7) is 4.77. The third-order valence-corrected chi connectivity index (χ3v) is 2.60. The molecule has 0 heterocycles. The molecule has 0 bridgehead atoms. The molecule has 1 aromatic carbocycles. The van der Waals surface area contributed by atoms with Crippen molar-refractivity contribution in [2.45, 2.75) is 13.8 Å². The van der Waals surface area contributed by atoms with Crippen molar-refractivity contribution in [1.29, 1.82) is 0 Å². The van der Waals surface area contributed by atoms with Crippen LogP contribution in [-0.2, 0) is 4.43 Å². The third-order valence-electron chi connectivity index (χ3n) is 1.60. The summed E-state index contributed by atoms with van der Waals surface area (Å²) in [5.41, 5.74) is 1.17. The molecule has 0 aliphatic carbocycles. The molecule has 3 heteroatoms. The van der Waals surface area contributed by atoms with Crippen LogP contribution in [0.2, 0.25) is 0 Å². The van der Waals surface area contributed by atoms with E-state index in [1.165, 1.54) is 5.56 Å². The lowest BCUT2D eigenvalue weighted by Crippen LogP contribution is -2.07. The molecule has 0 N–H and O–H groups in total. The summed E-state index contributed by atoms with van der Waals surface area (Å²) < 4.78 is 10.7. The van der Waals surface area contributed by atoms with Gasteiger partial charge in [-0.1, -0.05) is 18.2 Å². The van der Waals surface area contributed by atoms with Crippen molar-refractivity contribution < 1.29 is 8.85 Å². The summed E-state index contributed by atoms with van der Waals surface area (Å²) in [5, 5.41) is 0. The molecule has 0 saturated carbocycles. The quantitative estimate of drug-likeness (QED) is 0.518. The zero-order valence-corrected chi connectivity index (χ0v) is 8.95. The number of aryl methyl sites for hydroxylation is 1. The highest BCUT2D eigenvalue weighted by molar-refractivity contribution is 6.19. The minimum Gasteiger partial charge on any atom is -0.524 e. The van der Waals surface area contributed by atoms with Gasteiger partial charge in [-0.3, -0.25) is 0 Å². The lowest BCUT2D eigenvalue weighted by molar-refractivity contribution is 0.307. The van der Waals surface area contributed by atoms with Crippen LogP contribution in [0.25, 0.3) is 0 Å². The standard InChI is InChI=1S/C9H14O2Si/c1-3-10-12-11-9-7-5-4-6-8(9)2/h4-7H,3,12H2,1-2H3. The molecular formula is C9H14O2Si. The average molecular weight is 182 g/mol. The van der Waals surface area contributed by atoms with Crippen LogP contribution in [0.5, 0.6) is 5.75 Å². The first-order valence-corrected chi connectivity index (χ1v) is 5.26. The minimum absolute atomic E-state index is 0.748. The van der Waals surface area contributed by atoms with Crippen LogP contribution < -0.4 is 4.43 Å². The number of benzene rings is 1. The van der Waals surface area contributed by atoms with E-state index in [4.69, 9.17) is 8.85 Å². The largest absolute Gasteiger partial charge is 0.524 e. The maximum Gasteiger partial charge on any atom is 0.365 e. The molecule has 1 aromatic rings. The summed E-state index contributed by atoms with van der Waals surface area (Å²) in [5.74, 6) is 0.956. The van der Waals surface area contributed by atoms with E-state index in [2.05, 4.69) is 0 Å². The molecule has 2 nitrogen and oxygen atoms in total. The molecule has 66 valence electrons. The minimum atomic E-state index is -0.808. The molecule has 0 aliphatic rings. The van der Waals surface area contributed by atoms with Crippen molar-refractivity contribution in [3.8, 4) is 5.75 Å². The third kappa shape index (κ3) is 2.68. The van der Waals surface area contributed by atoms with Gasteiger partial charge in [0.05, 0.1) is 0 Å². The fourth-order valence-corrected chi connectivity index (χ4v) is 1.61. The predicted octanol–water partition coefficient (Wildman–Crippen LogP) is 1.41. The molecule has 0 amide bonds. The first-order chi connectivity index (χ1) is 5.84. The van der Waals surface area contributed by atoms with E-state index in [9.17, 15) is 0 Å². The van der Waals surface area contributed by atoms with Crippen molar-refractivity contribution in [2.24, 2.45) is 0 Å². The lowest BCUT2D eigenvalue weighted by atomic mass is 10.2. The van der Waals surface area contributed by atoms with Crippen molar-refractivity contribution in [3.05, 3.63) is 29.8 Å². The molecule has 0 unspecified atom stereocenters. The number of hydrogen-bond acceptors (Lipinski definition) is 2. The van der Waals surface area contributed by atoms with Gasteiger partial charge in [0.15, 0.2) is 0 Å². The molecule has 0 atom stereocenters. The Kier molecular flexibility index (Phi) is 3.83. The van der Waals surface area contributed by atoms with Crippen molar-refractivity contribution in [3.63, 3.8) is 0 Å². The molecule has 0 aromatic heterocycles. The first kappa shape index (κ1) is 9.29. The van der Waals surface area contributed by atoms with Gasteiger partial charge in [-0.25, -0.2) is 0 Å². The van der Waals surface area contributed by atoms with Crippen LogP contribution in [0, 0.1) is 6.92 Å². The first-order valence-electron chi connectivity index (χ1n) is 4.10. The molecule has 0 aliphatic heterocycles. The Morgan fingerprint density at radius 3 is 2.75 bits per heavy atom. The molecule has 0 spiro atoms. The van der Waals surface area contributed by atoms with Crippen molar-refractivity contribution >= 4 is 10.0 Å². The molecule has 0 saturated heterocycles. The van der Waals surface area contributed by atoms with Crippen LogP contribution in [-0.4, -0.2) is 16.6 Å². The van der Waals surface area contributed by atoms with E-state index in [0.29, 0.717) is 0 Å². The maximum absolute atomic E-state index is 5.49. The summed E-state index contributed by atoms with van der Waals surface area (Å²) in [4.78, 5) is 0. The van der Waals surface area contributed by atoms with E-state index in [1.54, 1.807) is 0 Å². The number of para-hydroxylation sites is 1. The molecule has 0 fully saturated rings. The van der Waals surface area contributed by atoms with Gasteiger partial charge < -0.3 is 8.85 Å². The highest BCUT2D eigenvalue weighted by Crippen LogP contribution is 2.15. The number of rotatable bonds is 4. The van der Waals surface area contributed by atoms with Crippen LogP contribution in [0.15, 0.2) is 24.3 Å². The summed E-state index contributed by atoms with van der Waals surface area (Å²) >= 11 is 0. The van der Waals surface area contributed by atoms with E-state index >= 15 is 0 Å². The van der Waals surface area contributed by atoms with E-state index in [-0.39, 0.29) is 0 Å². The maximum atomic E-state index is 5.49. The molecular weight excluding hydrogens is 168 g/mol. The molecule has 1 rings (SSSR count). The van der Waals surface area contributed by atoms with Gasteiger partial charge in [-0.05, 0) is 25.5 Å². The van der Waals surface area contributed by atoms with Gasteiger partial charge in [0.2, 0.25) is 0 Å². The Balaban J connectivity index is 2.46. The van der Waals surface area contributed by atoms with Crippen molar-refractivity contribution in [2.75, 3.05) is 6.61 Å². The Labute approximate surface area is 75.6 Å². The Bertz CT molecular complexity index is 238.